The molecule has 122 valence electrons. The van der Waals surface area contributed by atoms with Crippen molar-refractivity contribution in [3.63, 3.8) is 0 Å². The second-order valence-corrected chi connectivity index (χ2v) is 6.47. The molecule has 0 amide bonds. The molecule has 0 saturated heterocycles. The van der Waals surface area contributed by atoms with Gasteiger partial charge in [-0.25, -0.2) is 4.98 Å². The molecule has 0 atom stereocenters. The third-order valence-electron chi connectivity index (χ3n) is 3.76. The normalized spacial score (nSPS) is 10.8. The third-order valence-corrected chi connectivity index (χ3v) is 4.38. The summed E-state index contributed by atoms with van der Waals surface area (Å²) in [6.07, 6.45) is 1.73. The highest BCUT2D eigenvalue weighted by Crippen LogP contribution is 2.33. The van der Waals surface area contributed by atoms with Gasteiger partial charge in [-0.2, -0.15) is 4.98 Å². The Morgan fingerprint density at radius 2 is 1.76 bits per heavy atom. The van der Waals surface area contributed by atoms with E-state index in [1.54, 1.807) is 6.20 Å². The van der Waals surface area contributed by atoms with Gasteiger partial charge in [0.2, 0.25) is 5.88 Å². The highest BCUT2D eigenvalue weighted by molar-refractivity contribution is 9.10. The Hall–Kier alpha value is -2.79. The summed E-state index contributed by atoms with van der Waals surface area (Å²) in [6, 6.07) is 19.4. The van der Waals surface area contributed by atoms with Crippen LogP contribution in [0.5, 0.6) is 11.6 Å². The molecule has 5 heteroatoms. The first-order valence-corrected chi connectivity index (χ1v) is 8.62. The van der Waals surface area contributed by atoms with Crippen LogP contribution in [-0.2, 0) is 0 Å². The SMILES string of the molecule is Cc1ccc(Oc2nc(-c3ccccn3)nc3ccccc23)c(Br)c1. The summed E-state index contributed by atoms with van der Waals surface area (Å²) in [5, 5.41) is 0.856. The zero-order chi connectivity index (χ0) is 17.2. The van der Waals surface area contributed by atoms with Crippen molar-refractivity contribution < 1.29 is 4.74 Å². The number of pyridine rings is 1. The van der Waals surface area contributed by atoms with Crippen molar-refractivity contribution in [2.75, 3.05) is 0 Å². The second-order valence-electron chi connectivity index (χ2n) is 5.62. The average molecular weight is 392 g/mol. The molecule has 2 aromatic heterocycles. The lowest BCUT2D eigenvalue weighted by Crippen LogP contribution is -1.97. The monoisotopic (exact) mass is 391 g/mol. The molecule has 25 heavy (non-hydrogen) atoms. The molecule has 0 saturated carbocycles. The number of para-hydroxylation sites is 1. The molecular formula is C20H14BrN3O. The standard InChI is InChI=1S/C20H14BrN3O/c1-13-9-10-18(15(21)12-13)25-20-14-6-2-3-7-16(14)23-19(24-20)17-8-4-5-11-22-17/h2-12H,1H3. The summed E-state index contributed by atoms with van der Waals surface area (Å²) in [4.78, 5) is 13.6. The molecule has 0 bridgehead atoms. The van der Waals surface area contributed by atoms with Crippen LogP contribution in [0, 0.1) is 6.92 Å². The zero-order valence-corrected chi connectivity index (χ0v) is 15.1. The van der Waals surface area contributed by atoms with E-state index < -0.39 is 0 Å². The van der Waals surface area contributed by atoms with Crippen molar-refractivity contribution in [3.8, 4) is 23.1 Å². The number of hydrogen-bond donors (Lipinski definition) is 0. The van der Waals surface area contributed by atoms with Gasteiger partial charge < -0.3 is 4.74 Å². The minimum Gasteiger partial charge on any atom is -0.437 e. The Labute approximate surface area is 153 Å². The molecule has 0 fully saturated rings. The number of nitrogens with zero attached hydrogens (tertiary/aromatic N) is 3. The number of benzene rings is 2. The van der Waals surface area contributed by atoms with E-state index in [9.17, 15) is 0 Å². The van der Waals surface area contributed by atoms with Crippen LogP contribution in [-0.4, -0.2) is 15.0 Å². The van der Waals surface area contributed by atoms with E-state index in [0.29, 0.717) is 23.1 Å². The second kappa shape index (κ2) is 6.61. The first-order chi connectivity index (χ1) is 12.2. The molecule has 0 aliphatic rings. The quantitative estimate of drug-likeness (QED) is 0.458. The molecular weight excluding hydrogens is 378 g/mol. The summed E-state index contributed by atoms with van der Waals surface area (Å²) in [6.45, 7) is 2.04. The number of halogens is 1. The predicted molar refractivity (Wildman–Crippen MR) is 102 cm³/mol. The smallest absolute Gasteiger partial charge is 0.230 e. The van der Waals surface area contributed by atoms with Crippen molar-refractivity contribution >= 4 is 26.8 Å². The van der Waals surface area contributed by atoms with E-state index in [-0.39, 0.29) is 0 Å². The molecule has 2 heterocycles. The van der Waals surface area contributed by atoms with Gasteiger partial charge in [0.15, 0.2) is 5.82 Å². The van der Waals surface area contributed by atoms with E-state index in [0.717, 1.165) is 20.9 Å². The van der Waals surface area contributed by atoms with Crippen LogP contribution < -0.4 is 4.74 Å². The number of hydrogen-bond acceptors (Lipinski definition) is 4. The molecule has 4 nitrogen and oxygen atoms in total. The number of ether oxygens (including phenoxy) is 1. The zero-order valence-electron chi connectivity index (χ0n) is 13.5. The molecule has 0 radical (unpaired) electrons. The van der Waals surface area contributed by atoms with Crippen molar-refractivity contribution in [1.82, 2.24) is 15.0 Å². The van der Waals surface area contributed by atoms with E-state index in [2.05, 4.69) is 30.9 Å². The largest absolute Gasteiger partial charge is 0.437 e. The number of rotatable bonds is 3. The number of aryl methyl sites for hydroxylation is 1. The highest BCUT2D eigenvalue weighted by atomic mass is 79.9. The Bertz CT molecular complexity index is 1050. The van der Waals surface area contributed by atoms with Crippen LogP contribution in [0.2, 0.25) is 0 Å². The fourth-order valence-electron chi connectivity index (χ4n) is 2.53. The molecule has 0 aliphatic heterocycles. The van der Waals surface area contributed by atoms with Crippen LogP contribution >= 0.6 is 15.9 Å². The van der Waals surface area contributed by atoms with Crippen LogP contribution in [0.25, 0.3) is 22.4 Å². The van der Waals surface area contributed by atoms with Gasteiger partial charge in [0.05, 0.1) is 15.4 Å². The number of aromatic nitrogens is 3. The summed E-state index contributed by atoms with van der Waals surface area (Å²) < 4.78 is 7.00. The van der Waals surface area contributed by atoms with E-state index in [1.807, 2.05) is 67.6 Å². The Morgan fingerprint density at radius 1 is 0.920 bits per heavy atom. The Balaban J connectivity index is 1.86. The van der Waals surface area contributed by atoms with Gasteiger partial charge in [0, 0.05) is 6.20 Å². The highest BCUT2D eigenvalue weighted by Gasteiger charge is 2.13. The lowest BCUT2D eigenvalue weighted by molar-refractivity contribution is 0.466. The lowest BCUT2D eigenvalue weighted by atomic mass is 10.2. The van der Waals surface area contributed by atoms with Crippen LogP contribution in [0.15, 0.2) is 71.3 Å². The van der Waals surface area contributed by atoms with Gasteiger partial charge in [0.1, 0.15) is 11.4 Å². The van der Waals surface area contributed by atoms with Crippen molar-refractivity contribution in [2.24, 2.45) is 0 Å². The maximum absolute atomic E-state index is 6.11. The van der Waals surface area contributed by atoms with Crippen LogP contribution in [0.1, 0.15) is 5.56 Å². The summed E-state index contributed by atoms with van der Waals surface area (Å²) in [7, 11) is 0. The van der Waals surface area contributed by atoms with Crippen LogP contribution in [0.3, 0.4) is 0 Å². The molecule has 2 aromatic carbocycles. The fraction of sp³-hybridized carbons (Fsp3) is 0.0500. The lowest BCUT2D eigenvalue weighted by Gasteiger charge is -2.11. The van der Waals surface area contributed by atoms with Crippen LogP contribution in [0.4, 0.5) is 0 Å². The van der Waals surface area contributed by atoms with E-state index in [1.165, 1.54) is 0 Å². The maximum atomic E-state index is 6.11. The van der Waals surface area contributed by atoms with Gasteiger partial charge in [-0.1, -0.05) is 24.3 Å². The molecule has 0 aliphatic carbocycles. The molecule has 0 spiro atoms. The molecule has 4 aromatic rings. The van der Waals surface area contributed by atoms with Crippen molar-refractivity contribution in [3.05, 3.63) is 76.9 Å². The van der Waals surface area contributed by atoms with Gasteiger partial charge in [-0.3, -0.25) is 4.98 Å². The van der Waals surface area contributed by atoms with Crippen molar-refractivity contribution in [2.45, 2.75) is 6.92 Å². The summed E-state index contributed by atoms with van der Waals surface area (Å²) in [5.74, 6) is 1.76. The van der Waals surface area contributed by atoms with Gasteiger partial charge >= 0.3 is 0 Å². The summed E-state index contributed by atoms with van der Waals surface area (Å²) in [5.41, 5.74) is 2.68. The maximum Gasteiger partial charge on any atom is 0.230 e. The van der Waals surface area contributed by atoms with Gasteiger partial charge in [0.25, 0.3) is 0 Å². The minimum atomic E-state index is 0.510. The first kappa shape index (κ1) is 15.7. The van der Waals surface area contributed by atoms with Crippen molar-refractivity contribution in [1.29, 1.82) is 0 Å². The Kier molecular flexibility index (Phi) is 4.15. The molecule has 4 rings (SSSR count). The Morgan fingerprint density at radius 3 is 2.56 bits per heavy atom. The minimum absolute atomic E-state index is 0.510. The topological polar surface area (TPSA) is 47.9 Å². The number of fused-ring (bicyclic) bond motifs is 1. The first-order valence-electron chi connectivity index (χ1n) is 7.83. The fourth-order valence-corrected chi connectivity index (χ4v) is 3.10. The average Bonchev–Trinajstić information content (AvgIpc) is 2.64. The molecule has 0 unspecified atom stereocenters. The summed E-state index contributed by atoms with van der Waals surface area (Å²) >= 11 is 3.55. The molecule has 0 N–H and O–H groups in total. The predicted octanol–water partition coefficient (Wildman–Crippen LogP) is 5.56. The van der Waals surface area contributed by atoms with Gasteiger partial charge in [-0.05, 0) is 64.8 Å². The third kappa shape index (κ3) is 3.23. The van der Waals surface area contributed by atoms with Gasteiger partial charge in [-0.15, -0.1) is 0 Å². The van der Waals surface area contributed by atoms with E-state index in [4.69, 9.17) is 4.74 Å². The van der Waals surface area contributed by atoms with E-state index >= 15 is 0 Å².